The second-order valence-electron chi connectivity index (χ2n) is 5.38. The van der Waals surface area contributed by atoms with E-state index < -0.39 is 0 Å². The molecule has 1 aliphatic rings. The molecule has 0 radical (unpaired) electrons. The van der Waals surface area contributed by atoms with E-state index in [0.717, 1.165) is 45.0 Å². The molecule has 1 aliphatic carbocycles. The Hall–Kier alpha value is -1.62. The molecular formula is C15H19N3OS. The number of ether oxygens (including phenoxy) is 1. The van der Waals surface area contributed by atoms with Gasteiger partial charge in [0.2, 0.25) is 5.13 Å². The number of rotatable bonds is 5. The lowest BCUT2D eigenvalue weighted by atomic mass is 10.1. The lowest BCUT2D eigenvalue weighted by Crippen LogP contribution is -2.02. The van der Waals surface area contributed by atoms with Crippen molar-refractivity contribution in [1.29, 1.82) is 0 Å². The maximum Gasteiger partial charge on any atom is 0.206 e. The second-order valence-corrected chi connectivity index (χ2v) is 6.36. The van der Waals surface area contributed by atoms with Gasteiger partial charge >= 0.3 is 0 Å². The monoisotopic (exact) mass is 289 g/mol. The van der Waals surface area contributed by atoms with E-state index in [9.17, 15) is 0 Å². The van der Waals surface area contributed by atoms with Crippen LogP contribution in [0.25, 0.3) is 10.6 Å². The van der Waals surface area contributed by atoms with Crippen LogP contribution in [0.2, 0.25) is 0 Å². The van der Waals surface area contributed by atoms with Gasteiger partial charge in [-0.15, -0.1) is 10.2 Å². The number of aromatic nitrogens is 2. The van der Waals surface area contributed by atoms with Gasteiger partial charge in [0, 0.05) is 12.1 Å². The van der Waals surface area contributed by atoms with E-state index in [1.807, 2.05) is 0 Å². The maximum absolute atomic E-state index is 5.40. The van der Waals surface area contributed by atoms with Crippen LogP contribution < -0.4 is 10.1 Å². The van der Waals surface area contributed by atoms with E-state index in [1.54, 1.807) is 18.4 Å². The molecule has 1 heterocycles. The van der Waals surface area contributed by atoms with Crippen molar-refractivity contribution in [3.63, 3.8) is 0 Å². The van der Waals surface area contributed by atoms with E-state index >= 15 is 0 Å². The van der Waals surface area contributed by atoms with Gasteiger partial charge in [-0.05, 0) is 55.9 Å². The van der Waals surface area contributed by atoms with Crippen LogP contribution in [0, 0.1) is 19.8 Å². The van der Waals surface area contributed by atoms with Gasteiger partial charge in [0.25, 0.3) is 0 Å². The van der Waals surface area contributed by atoms with E-state index in [4.69, 9.17) is 4.74 Å². The molecule has 4 nitrogen and oxygen atoms in total. The topological polar surface area (TPSA) is 47.0 Å². The summed E-state index contributed by atoms with van der Waals surface area (Å²) >= 11 is 1.61. The van der Waals surface area contributed by atoms with Gasteiger partial charge in [-0.1, -0.05) is 11.3 Å². The zero-order valence-electron chi connectivity index (χ0n) is 12.1. The number of hydrogen-bond donors (Lipinski definition) is 1. The van der Waals surface area contributed by atoms with Crippen LogP contribution in [0.15, 0.2) is 12.1 Å². The minimum atomic E-state index is 0.841. The Bertz CT molecular complexity index is 596. The Balaban J connectivity index is 1.81. The van der Waals surface area contributed by atoms with Crippen molar-refractivity contribution < 1.29 is 4.74 Å². The predicted molar refractivity (Wildman–Crippen MR) is 82.6 cm³/mol. The van der Waals surface area contributed by atoms with Crippen LogP contribution in [0.1, 0.15) is 24.0 Å². The minimum Gasteiger partial charge on any atom is -0.496 e. The summed E-state index contributed by atoms with van der Waals surface area (Å²) < 4.78 is 5.40. The molecule has 5 heteroatoms. The van der Waals surface area contributed by atoms with Crippen molar-refractivity contribution in [2.24, 2.45) is 5.92 Å². The third kappa shape index (κ3) is 2.77. The Morgan fingerprint density at radius 3 is 2.55 bits per heavy atom. The van der Waals surface area contributed by atoms with E-state index in [1.165, 1.54) is 12.8 Å². The van der Waals surface area contributed by atoms with Crippen molar-refractivity contribution in [3.8, 4) is 16.3 Å². The van der Waals surface area contributed by atoms with Gasteiger partial charge in [-0.2, -0.15) is 0 Å². The molecule has 0 atom stereocenters. The molecule has 0 aliphatic heterocycles. The molecule has 0 bridgehead atoms. The van der Waals surface area contributed by atoms with Crippen LogP contribution in [0.3, 0.4) is 0 Å². The van der Waals surface area contributed by atoms with Crippen LogP contribution in [0.4, 0.5) is 5.13 Å². The summed E-state index contributed by atoms with van der Waals surface area (Å²) in [7, 11) is 1.71. The average molecular weight is 289 g/mol. The van der Waals surface area contributed by atoms with Gasteiger partial charge in [0.15, 0.2) is 0 Å². The molecule has 1 aromatic heterocycles. The molecule has 1 fully saturated rings. The molecule has 1 aromatic carbocycles. The first kappa shape index (κ1) is 13.4. The first-order chi connectivity index (χ1) is 9.67. The molecule has 0 amide bonds. The van der Waals surface area contributed by atoms with Crippen molar-refractivity contribution in [3.05, 3.63) is 23.3 Å². The molecule has 0 unspecified atom stereocenters. The summed E-state index contributed by atoms with van der Waals surface area (Å²) in [5, 5.41) is 13.7. The second kappa shape index (κ2) is 5.40. The Kier molecular flexibility index (Phi) is 3.61. The van der Waals surface area contributed by atoms with E-state index in [2.05, 4.69) is 41.5 Å². The van der Waals surface area contributed by atoms with Gasteiger partial charge in [0.1, 0.15) is 10.8 Å². The zero-order chi connectivity index (χ0) is 14.1. The Labute approximate surface area is 123 Å². The number of nitrogens with one attached hydrogen (secondary N) is 1. The largest absolute Gasteiger partial charge is 0.496 e. The summed E-state index contributed by atoms with van der Waals surface area (Å²) in [5.41, 5.74) is 3.37. The van der Waals surface area contributed by atoms with Crippen LogP contribution >= 0.6 is 11.3 Å². The van der Waals surface area contributed by atoms with Crippen LogP contribution in [-0.2, 0) is 0 Å². The molecule has 2 aromatic rings. The number of anilines is 1. The fourth-order valence-corrected chi connectivity index (χ4v) is 3.10. The van der Waals surface area contributed by atoms with Gasteiger partial charge in [0.05, 0.1) is 7.11 Å². The Morgan fingerprint density at radius 1 is 1.25 bits per heavy atom. The molecule has 20 heavy (non-hydrogen) atoms. The van der Waals surface area contributed by atoms with Crippen molar-refractivity contribution in [1.82, 2.24) is 10.2 Å². The van der Waals surface area contributed by atoms with Gasteiger partial charge in [-0.3, -0.25) is 0 Å². The molecular weight excluding hydrogens is 270 g/mol. The zero-order valence-corrected chi connectivity index (χ0v) is 12.9. The quantitative estimate of drug-likeness (QED) is 0.912. The maximum atomic E-state index is 5.40. The standard InChI is InChI=1S/C15H19N3OS/c1-9-6-12(7-10(2)13(9)19-3)14-17-18-15(20-14)16-8-11-4-5-11/h6-7,11H,4-5,8H2,1-3H3,(H,16,18). The SMILES string of the molecule is COc1c(C)cc(-c2nnc(NCC3CC3)s2)cc1C. The average Bonchev–Trinajstić information content (AvgIpc) is 3.13. The first-order valence-corrected chi connectivity index (χ1v) is 7.72. The smallest absolute Gasteiger partial charge is 0.206 e. The normalized spacial score (nSPS) is 14.3. The Morgan fingerprint density at radius 2 is 1.95 bits per heavy atom. The highest BCUT2D eigenvalue weighted by molar-refractivity contribution is 7.18. The summed E-state index contributed by atoms with van der Waals surface area (Å²) in [6.45, 7) is 5.14. The number of aryl methyl sites for hydroxylation is 2. The van der Waals surface area contributed by atoms with Crippen molar-refractivity contribution in [2.45, 2.75) is 26.7 Å². The fourth-order valence-electron chi connectivity index (χ4n) is 2.36. The molecule has 106 valence electrons. The lowest BCUT2D eigenvalue weighted by molar-refractivity contribution is 0.408. The lowest BCUT2D eigenvalue weighted by Gasteiger charge is -2.09. The van der Waals surface area contributed by atoms with Crippen LogP contribution in [-0.4, -0.2) is 23.9 Å². The van der Waals surface area contributed by atoms with E-state index in [-0.39, 0.29) is 0 Å². The number of methoxy groups -OCH3 is 1. The summed E-state index contributed by atoms with van der Waals surface area (Å²) in [6.07, 6.45) is 2.69. The highest BCUT2D eigenvalue weighted by Gasteiger charge is 2.21. The molecule has 1 N–H and O–H groups in total. The number of nitrogens with zero attached hydrogens (tertiary/aromatic N) is 2. The summed E-state index contributed by atoms with van der Waals surface area (Å²) in [5.74, 6) is 1.79. The van der Waals surface area contributed by atoms with Crippen molar-refractivity contribution in [2.75, 3.05) is 19.0 Å². The number of benzene rings is 1. The third-order valence-electron chi connectivity index (χ3n) is 3.58. The minimum absolute atomic E-state index is 0.841. The molecule has 0 spiro atoms. The first-order valence-electron chi connectivity index (χ1n) is 6.90. The predicted octanol–water partition coefficient (Wildman–Crippen LogP) is 3.65. The molecule has 0 saturated heterocycles. The van der Waals surface area contributed by atoms with Crippen LogP contribution in [0.5, 0.6) is 5.75 Å². The molecule has 3 rings (SSSR count). The van der Waals surface area contributed by atoms with Crippen molar-refractivity contribution >= 4 is 16.5 Å². The fraction of sp³-hybridized carbons (Fsp3) is 0.467. The van der Waals surface area contributed by atoms with Gasteiger partial charge < -0.3 is 10.1 Å². The highest BCUT2D eigenvalue weighted by atomic mass is 32.1. The summed E-state index contributed by atoms with van der Waals surface area (Å²) in [6, 6.07) is 4.22. The summed E-state index contributed by atoms with van der Waals surface area (Å²) in [4.78, 5) is 0. The van der Waals surface area contributed by atoms with E-state index in [0.29, 0.717) is 0 Å². The molecule has 1 saturated carbocycles. The number of hydrogen-bond acceptors (Lipinski definition) is 5. The van der Waals surface area contributed by atoms with Gasteiger partial charge in [-0.25, -0.2) is 0 Å². The third-order valence-corrected chi connectivity index (χ3v) is 4.51. The highest BCUT2D eigenvalue weighted by Crippen LogP contribution is 2.33.